The van der Waals surface area contributed by atoms with E-state index in [1.54, 1.807) is 5.32 Å². The van der Waals surface area contributed by atoms with Crippen LogP contribution >= 0.6 is 0 Å². The zero-order chi connectivity index (χ0) is 8.91. The maximum atomic E-state index is 11.4. The average Bonchev–Trinajstić information content (AvgIpc) is 1.86. The minimum Gasteiger partial charge on any atom is -0.341 e. The zero-order valence-electron chi connectivity index (χ0n) is 5.40. The van der Waals surface area contributed by atoms with Gasteiger partial charge in [-0.3, -0.25) is 4.79 Å². The number of carbonyl (C=O) groups excluding carboxylic acids is 1. The number of carbonyl (C=O) groups is 1. The Bertz CT molecular complexity index is 181. The summed E-state index contributed by atoms with van der Waals surface area (Å²) in [5, 5.41) is 1.55. The first-order valence-corrected chi connectivity index (χ1v) is 2.66. The second kappa shape index (κ2) is 3.81. The Morgan fingerprint density at radius 3 is 2.45 bits per heavy atom. The fourth-order valence-electron chi connectivity index (χ4n) is 0.326. The van der Waals surface area contributed by atoms with Crippen molar-refractivity contribution in [1.82, 2.24) is 5.32 Å². The molecule has 0 bridgehead atoms. The fourth-order valence-corrected chi connectivity index (χ4v) is 0.326. The monoisotopic (exact) mass is 166 g/mol. The summed E-state index contributed by atoms with van der Waals surface area (Å²) >= 11 is 0. The largest absolute Gasteiger partial charge is 0.471 e. The third-order valence-electron chi connectivity index (χ3n) is 0.767. The average molecular weight is 166 g/mol. The quantitative estimate of drug-likeness (QED) is 0.472. The molecule has 0 aromatic carbocycles. The van der Waals surface area contributed by atoms with Crippen LogP contribution in [0.3, 0.4) is 0 Å². The van der Waals surface area contributed by atoms with Gasteiger partial charge in [0.25, 0.3) is 0 Å². The number of nitrogens with one attached hydrogen (secondary N) is 1. The van der Waals surface area contributed by atoms with E-state index in [-0.39, 0.29) is 13.1 Å². The molecule has 0 aromatic heterocycles. The van der Waals surface area contributed by atoms with E-state index >= 15 is 0 Å². The number of rotatable bonds is 2. The van der Waals surface area contributed by atoms with Crippen LogP contribution in [0.4, 0.5) is 13.2 Å². The molecule has 0 saturated carbocycles. The predicted molar refractivity (Wildman–Crippen MR) is 30.5 cm³/mol. The van der Waals surface area contributed by atoms with Gasteiger partial charge in [0.05, 0.1) is 6.54 Å². The van der Waals surface area contributed by atoms with E-state index in [0.29, 0.717) is 0 Å². The topological polar surface area (TPSA) is 33.5 Å². The van der Waals surface area contributed by atoms with Crippen LogP contribution in [-0.2, 0) is 4.79 Å². The van der Waals surface area contributed by atoms with E-state index in [4.69, 9.17) is 6.57 Å². The van der Waals surface area contributed by atoms with Crippen LogP contribution in [0.15, 0.2) is 0 Å². The number of hydrogen-bond donors (Lipinski definition) is 1. The Kier molecular flexibility index (Phi) is 3.37. The molecule has 0 saturated heterocycles. The van der Waals surface area contributed by atoms with Crippen LogP contribution in [0.2, 0.25) is 0 Å². The van der Waals surface area contributed by atoms with Gasteiger partial charge in [-0.05, 0) is 0 Å². The molecule has 0 spiro atoms. The Balaban J connectivity index is 3.64. The highest BCUT2D eigenvalue weighted by atomic mass is 19.4. The van der Waals surface area contributed by atoms with E-state index in [1.165, 1.54) is 0 Å². The van der Waals surface area contributed by atoms with Gasteiger partial charge in [-0.25, -0.2) is 6.57 Å². The van der Waals surface area contributed by atoms with Crippen LogP contribution in [0.1, 0.15) is 0 Å². The molecule has 0 aliphatic carbocycles. The van der Waals surface area contributed by atoms with E-state index in [0.717, 1.165) is 0 Å². The maximum Gasteiger partial charge on any atom is 0.471 e. The second-order valence-electron chi connectivity index (χ2n) is 1.64. The molecule has 0 aromatic rings. The predicted octanol–water partition coefficient (Wildman–Crippen LogP) is 0.584. The molecule has 62 valence electrons. The van der Waals surface area contributed by atoms with E-state index in [1.807, 2.05) is 0 Å². The molecule has 0 aliphatic heterocycles. The Labute approximate surface area is 61.0 Å². The normalized spacial score (nSPS) is 10.4. The van der Waals surface area contributed by atoms with Crippen LogP contribution in [-0.4, -0.2) is 25.2 Å². The number of halogens is 3. The number of hydrogen-bond acceptors (Lipinski definition) is 1. The van der Waals surface area contributed by atoms with E-state index in [2.05, 4.69) is 4.85 Å². The highest BCUT2D eigenvalue weighted by molar-refractivity contribution is 5.81. The summed E-state index contributed by atoms with van der Waals surface area (Å²) in [5.41, 5.74) is 0. The van der Waals surface area contributed by atoms with Gasteiger partial charge in [-0.2, -0.15) is 13.2 Å². The summed E-state index contributed by atoms with van der Waals surface area (Å²) in [6, 6.07) is 0. The first-order valence-electron chi connectivity index (χ1n) is 2.66. The van der Waals surface area contributed by atoms with E-state index in [9.17, 15) is 18.0 Å². The van der Waals surface area contributed by atoms with Crippen LogP contribution in [0.25, 0.3) is 4.85 Å². The minimum atomic E-state index is -4.85. The summed E-state index contributed by atoms with van der Waals surface area (Å²) in [6.45, 7) is 5.80. The van der Waals surface area contributed by atoms with Crippen molar-refractivity contribution >= 4 is 5.91 Å². The van der Waals surface area contributed by atoms with Crippen molar-refractivity contribution in [3.63, 3.8) is 0 Å². The van der Waals surface area contributed by atoms with Gasteiger partial charge < -0.3 is 10.2 Å². The van der Waals surface area contributed by atoms with Gasteiger partial charge in [0.1, 0.15) is 0 Å². The molecule has 0 rings (SSSR count). The summed E-state index contributed by atoms with van der Waals surface area (Å²) in [5.74, 6) is -2.00. The lowest BCUT2D eigenvalue weighted by atomic mass is 10.5. The van der Waals surface area contributed by atoms with Crippen molar-refractivity contribution in [1.29, 1.82) is 0 Å². The van der Waals surface area contributed by atoms with Gasteiger partial charge >= 0.3 is 12.1 Å². The summed E-state index contributed by atoms with van der Waals surface area (Å²) < 4.78 is 34.2. The van der Waals surface area contributed by atoms with Gasteiger partial charge in [-0.1, -0.05) is 0 Å². The Hall–Kier alpha value is -1.25. The standard InChI is InChI=1S/C5H5F3N2O/c1-9-2-3-10-4(11)5(6,7)8/h2-3H2,(H,10,11). The smallest absolute Gasteiger partial charge is 0.341 e. The lowest BCUT2D eigenvalue weighted by molar-refractivity contribution is -0.173. The minimum absolute atomic E-state index is 0.137. The molecule has 11 heavy (non-hydrogen) atoms. The van der Waals surface area contributed by atoms with Crippen LogP contribution < -0.4 is 5.32 Å². The lowest BCUT2D eigenvalue weighted by Gasteiger charge is -2.03. The SMILES string of the molecule is [C-]#[N+]CCNC(=O)C(F)(F)F. The molecule has 0 radical (unpaired) electrons. The Morgan fingerprint density at radius 2 is 2.09 bits per heavy atom. The summed E-state index contributed by atoms with van der Waals surface area (Å²) in [4.78, 5) is 12.8. The zero-order valence-corrected chi connectivity index (χ0v) is 5.40. The first kappa shape index (κ1) is 9.75. The van der Waals surface area contributed by atoms with Gasteiger partial charge in [0.2, 0.25) is 6.54 Å². The first-order chi connectivity index (χ1) is 4.98. The van der Waals surface area contributed by atoms with Gasteiger partial charge in [-0.15, -0.1) is 0 Å². The number of amides is 1. The molecule has 0 unspecified atom stereocenters. The number of alkyl halides is 3. The molecular formula is C5H5F3N2O. The van der Waals surface area contributed by atoms with Crippen molar-refractivity contribution in [2.45, 2.75) is 6.18 Å². The summed E-state index contributed by atoms with van der Waals surface area (Å²) in [6.07, 6.45) is -4.85. The Morgan fingerprint density at radius 1 is 1.55 bits per heavy atom. The van der Waals surface area contributed by atoms with Crippen molar-refractivity contribution < 1.29 is 18.0 Å². The molecule has 1 N–H and O–H groups in total. The third-order valence-corrected chi connectivity index (χ3v) is 0.767. The molecular weight excluding hydrogens is 161 g/mol. The molecule has 0 aliphatic rings. The summed E-state index contributed by atoms with van der Waals surface area (Å²) in [7, 11) is 0. The molecule has 1 amide bonds. The molecule has 0 atom stereocenters. The van der Waals surface area contributed by atoms with Crippen molar-refractivity contribution in [3.05, 3.63) is 11.4 Å². The second-order valence-corrected chi connectivity index (χ2v) is 1.64. The van der Waals surface area contributed by atoms with Crippen molar-refractivity contribution in [2.24, 2.45) is 0 Å². The lowest BCUT2D eigenvalue weighted by Crippen LogP contribution is -2.37. The molecule has 0 fully saturated rings. The van der Waals surface area contributed by atoms with E-state index < -0.39 is 12.1 Å². The maximum absolute atomic E-state index is 11.4. The highest BCUT2D eigenvalue weighted by Crippen LogP contribution is 2.13. The van der Waals surface area contributed by atoms with Crippen molar-refractivity contribution in [2.75, 3.05) is 13.1 Å². The van der Waals surface area contributed by atoms with Gasteiger partial charge in [0.15, 0.2) is 0 Å². The number of nitrogens with zero attached hydrogens (tertiary/aromatic N) is 1. The third kappa shape index (κ3) is 4.19. The highest BCUT2D eigenvalue weighted by Gasteiger charge is 2.38. The van der Waals surface area contributed by atoms with Gasteiger partial charge in [0, 0.05) is 0 Å². The fraction of sp³-hybridized carbons (Fsp3) is 0.600. The van der Waals surface area contributed by atoms with Crippen LogP contribution in [0, 0.1) is 6.57 Å². The molecule has 0 heterocycles. The van der Waals surface area contributed by atoms with Crippen LogP contribution in [0.5, 0.6) is 0 Å². The molecule has 6 heteroatoms. The van der Waals surface area contributed by atoms with Crippen molar-refractivity contribution in [3.8, 4) is 0 Å². The molecule has 3 nitrogen and oxygen atoms in total.